The van der Waals surface area contributed by atoms with Crippen LogP contribution in [0.3, 0.4) is 0 Å². The van der Waals surface area contributed by atoms with Crippen molar-refractivity contribution in [2.75, 3.05) is 0 Å². The fraction of sp³-hybridized carbons (Fsp3) is 0.542. The fourth-order valence-corrected chi connectivity index (χ4v) is 5.28. The van der Waals surface area contributed by atoms with Gasteiger partial charge in [0.25, 0.3) is 0 Å². The maximum Gasteiger partial charge on any atom is 0.302 e. The summed E-state index contributed by atoms with van der Waals surface area (Å²) < 4.78 is 5.81. The molecule has 0 aliphatic heterocycles. The number of ether oxygens (including phenoxy) is 1. The van der Waals surface area contributed by atoms with E-state index in [1.165, 1.54) is 60.4 Å². The van der Waals surface area contributed by atoms with E-state index in [4.69, 9.17) is 4.74 Å². The summed E-state index contributed by atoms with van der Waals surface area (Å²) in [5, 5.41) is 2.69. The molecule has 0 spiro atoms. The predicted molar refractivity (Wildman–Crippen MR) is 107 cm³/mol. The molecule has 2 nitrogen and oxygen atoms in total. The lowest BCUT2D eigenvalue weighted by Crippen LogP contribution is -2.29. The van der Waals surface area contributed by atoms with E-state index in [0.29, 0.717) is 11.8 Å². The normalized spacial score (nSPS) is 24.5. The molecule has 138 valence electrons. The molecular formula is C24H30O2. The third-order valence-corrected chi connectivity index (χ3v) is 6.44. The van der Waals surface area contributed by atoms with Crippen LogP contribution in [0.25, 0.3) is 10.8 Å². The molecule has 2 aliphatic carbocycles. The van der Waals surface area contributed by atoms with Crippen LogP contribution in [0.5, 0.6) is 0 Å². The highest BCUT2D eigenvalue weighted by Crippen LogP contribution is 2.45. The number of rotatable bonds is 3. The zero-order valence-electron chi connectivity index (χ0n) is 15.9. The Labute approximate surface area is 156 Å². The van der Waals surface area contributed by atoms with Crippen LogP contribution < -0.4 is 0 Å². The van der Waals surface area contributed by atoms with E-state index < -0.39 is 0 Å². The zero-order valence-corrected chi connectivity index (χ0v) is 15.9. The molecule has 2 aromatic carbocycles. The molecule has 0 unspecified atom stereocenters. The minimum atomic E-state index is -0.138. The fourth-order valence-electron chi connectivity index (χ4n) is 5.28. The summed E-state index contributed by atoms with van der Waals surface area (Å²) in [5.41, 5.74) is 3.02. The number of benzene rings is 2. The first-order valence-corrected chi connectivity index (χ1v) is 10.4. The Hall–Kier alpha value is -1.83. The summed E-state index contributed by atoms with van der Waals surface area (Å²) in [5.74, 6) is 0.875. The molecule has 2 atom stereocenters. The molecule has 2 aromatic rings. The summed E-state index contributed by atoms with van der Waals surface area (Å²) in [6.07, 6.45) is 11.2. The van der Waals surface area contributed by atoms with Gasteiger partial charge in [0.15, 0.2) is 0 Å². The number of carbonyl (C=O) groups excluding carboxylic acids is 1. The van der Waals surface area contributed by atoms with Crippen LogP contribution in [0.15, 0.2) is 36.4 Å². The predicted octanol–water partition coefficient (Wildman–Crippen LogP) is 6.48. The van der Waals surface area contributed by atoms with Gasteiger partial charge in [-0.15, -0.1) is 0 Å². The third-order valence-electron chi connectivity index (χ3n) is 6.44. The minimum Gasteiger partial charge on any atom is -0.462 e. The first-order valence-electron chi connectivity index (χ1n) is 10.4. The lowest BCUT2D eigenvalue weighted by Gasteiger charge is -2.35. The van der Waals surface area contributed by atoms with Crippen LogP contribution >= 0.6 is 0 Å². The van der Waals surface area contributed by atoms with Crippen LogP contribution in [-0.2, 0) is 9.53 Å². The van der Waals surface area contributed by atoms with Gasteiger partial charge >= 0.3 is 5.97 Å². The highest BCUT2D eigenvalue weighted by atomic mass is 16.5. The molecule has 0 saturated heterocycles. The summed E-state index contributed by atoms with van der Waals surface area (Å²) in [6, 6.07) is 13.4. The number of esters is 1. The highest BCUT2D eigenvalue weighted by Gasteiger charge is 2.33. The molecule has 26 heavy (non-hydrogen) atoms. The van der Waals surface area contributed by atoms with Crippen molar-refractivity contribution in [1.29, 1.82) is 0 Å². The second kappa shape index (κ2) is 7.82. The van der Waals surface area contributed by atoms with Crippen molar-refractivity contribution in [2.45, 2.75) is 82.7 Å². The molecule has 0 amide bonds. The van der Waals surface area contributed by atoms with E-state index in [1.807, 2.05) is 0 Å². The van der Waals surface area contributed by atoms with Crippen molar-refractivity contribution in [1.82, 2.24) is 0 Å². The maximum atomic E-state index is 11.7. The number of carbonyl (C=O) groups is 1. The first-order chi connectivity index (χ1) is 12.7. The molecule has 0 aromatic heterocycles. The van der Waals surface area contributed by atoms with E-state index in [-0.39, 0.29) is 12.1 Å². The molecule has 0 heterocycles. The minimum absolute atomic E-state index is 0.0365. The second-order valence-electron chi connectivity index (χ2n) is 8.16. The Morgan fingerprint density at radius 3 is 2.42 bits per heavy atom. The van der Waals surface area contributed by atoms with Crippen molar-refractivity contribution >= 4 is 16.7 Å². The van der Waals surface area contributed by atoms with Crippen LogP contribution in [0.1, 0.15) is 87.7 Å². The average Bonchev–Trinajstić information content (AvgIpc) is 2.68. The number of hydrogen-bond donors (Lipinski definition) is 0. The molecule has 2 aliphatic rings. The molecule has 2 fully saturated rings. The topological polar surface area (TPSA) is 26.3 Å². The largest absolute Gasteiger partial charge is 0.462 e. The van der Waals surface area contributed by atoms with Gasteiger partial charge in [-0.3, -0.25) is 4.79 Å². The van der Waals surface area contributed by atoms with Gasteiger partial charge < -0.3 is 4.74 Å². The van der Waals surface area contributed by atoms with Crippen molar-refractivity contribution in [3.05, 3.63) is 47.5 Å². The van der Waals surface area contributed by atoms with E-state index in [1.54, 1.807) is 6.92 Å². The molecule has 0 radical (unpaired) electrons. The van der Waals surface area contributed by atoms with Crippen molar-refractivity contribution < 1.29 is 9.53 Å². The smallest absolute Gasteiger partial charge is 0.302 e. The lowest BCUT2D eigenvalue weighted by molar-refractivity contribution is -0.148. The van der Waals surface area contributed by atoms with E-state index in [9.17, 15) is 4.79 Å². The van der Waals surface area contributed by atoms with Crippen molar-refractivity contribution in [2.24, 2.45) is 0 Å². The Bertz CT molecular complexity index is 773. The molecular weight excluding hydrogens is 320 g/mol. The van der Waals surface area contributed by atoms with Gasteiger partial charge in [-0.05, 0) is 59.9 Å². The second-order valence-corrected chi connectivity index (χ2v) is 8.16. The van der Waals surface area contributed by atoms with Crippen molar-refractivity contribution in [3.63, 3.8) is 0 Å². The van der Waals surface area contributed by atoms with Crippen LogP contribution in [0, 0.1) is 0 Å². The van der Waals surface area contributed by atoms with Gasteiger partial charge in [0, 0.05) is 12.8 Å². The van der Waals surface area contributed by atoms with Crippen LogP contribution in [0.2, 0.25) is 0 Å². The standard InChI is InChI=1S/C24H30O2/c1-17(25)26-23-14-8-7-13-22(23)24-20-12-6-5-11-19(20)15-16-21(24)18-9-3-2-4-10-18/h5-6,11-12,15-16,18,22-23H,2-4,7-10,13-14H2,1H3/t22-,23+/m1/s1. The van der Waals surface area contributed by atoms with Gasteiger partial charge in [-0.1, -0.05) is 62.1 Å². The van der Waals surface area contributed by atoms with E-state index >= 15 is 0 Å². The summed E-state index contributed by atoms with van der Waals surface area (Å²) >= 11 is 0. The molecule has 0 N–H and O–H groups in total. The van der Waals surface area contributed by atoms with Gasteiger partial charge in [0.2, 0.25) is 0 Å². The summed E-state index contributed by atoms with van der Waals surface area (Å²) in [6.45, 7) is 1.55. The quantitative estimate of drug-likeness (QED) is 0.592. The van der Waals surface area contributed by atoms with Crippen LogP contribution in [0.4, 0.5) is 0 Å². The van der Waals surface area contributed by atoms with Gasteiger partial charge in [-0.2, -0.15) is 0 Å². The molecule has 2 saturated carbocycles. The average molecular weight is 351 g/mol. The lowest BCUT2D eigenvalue weighted by atomic mass is 9.73. The molecule has 4 rings (SSSR count). The Kier molecular flexibility index (Phi) is 5.28. The van der Waals surface area contributed by atoms with Gasteiger partial charge in [0.1, 0.15) is 6.10 Å². The van der Waals surface area contributed by atoms with Crippen molar-refractivity contribution in [3.8, 4) is 0 Å². The van der Waals surface area contributed by atoms with Gasteiger partial charge in [-0.25, -0.2) is 0 Å². The highest BCUT2D eigenvalue weighted by molar-refractivity contribution is 5.87. The summed E-state index contributed by atoms with van der Waals surface area (Å²) in [7, 11) is 0. The Balaban J connectivity index is 1.83. The Morgan fingerprint density at radius 1 is 0.885 bits per heavy atom. The number of hydrogen-bond acceptors (Lipinski definition) is 2. The number of fused-ring (bicyclic) bond motifs is 1. The van der Waals surface area contributed by atoms with E-state index in [2.05, 4.69) is 36.4 Å². The zero-order chi connectivity index (χ0) is 17.9. The first kappa shape index (κ1) is 17.6. The monoisotopic (exact) mass is 350 g/mol. The van der Waals surface area contributed by atoms with Crippen LogP contribution in [-0.4, -0.2) is 12.1 Å². The Morgan fingerprint density at radius 2 is 1.62 bits per heavy atom. The SMILES string of the molecule is CC(=O)O[C@H]1CCCC[C@H]1c1c(C2CCCCC2)ccc2ccccc12. The van der Waals surface area contributed by atoms with E-state index in [0.717, 1.165) is 19.3 Å². The summed E-state index contributed by atoms with van der Waals surface area (Å²) in [4.78, 5) is 11.7. The maximum absolute atomic E-state index is 11.7. The molecule has 0 bridgehead atoms. The molecule has 2 heteroatoms. The van der Waals surface area contributed by atoms with Gasteiger partial charge in [0.05, 0.1) is 0 Å². The third kappa shape index (κ3) is 3.51.